The summed E-state index contributed by atoms with van der Waals surface area (Å²) in [7, 11) is 0. The quantitative estimate of drug-likeness (QED) is 0.0261. The lowest BCUT2D eigenvalue weighted by molar-refractivity contribution is -0.167. The van der Waals surface area contributed by atoms with Crippen LogP contribution < -0.4 is 0 Å². The number of rotatable bonds is 53. The number of hydrogen-bond acceptors (Lipinski definition) is 6. The van der Waals surface area contributed by atoms with E-state index in [0.717, 1.165) is 128 Å². The molecule has 0 saturated heterocycles. The lowest BCUT2D eigenvalue weighted by atomic mass is 10.0. The maximum Gasteiger partial charge on any atom is 0.306 e. The molecule has 0 spiro atoms. The van der Waals surface area contributed by atoms with E-state index >= 15 is 0 Å². The predicted octanol–water partition coefficient (Wildman–Crippen LogP) is 20.1. The zero-order chi connectivity index (χ0) is 51.4. The van der Waals surface area contributed by atoms with Gasteiger partial charge in [-0.3, -0.25) is 14.4 Å². The molecule has 0 aliphatic heterocycles. The molecule has 0 amide bonds. The van der Waals surface area contributed by atoms with Crippen LogP contribution in [0.4, 0.5) is 0 Å². The van der Waals surface area contributed by atoms with E-state index in [2.05, 4.69) is 118 Å². The van der Waals surface area contributed by atoms with Gasteiger partial charge < -0.3 is 14.2 Å². The van der Waals surface area contributed by atoms with Gasteiger partial charge in [-0.1, -0.05) is 240 Å². The van der Waals surface area contributed by atoms with Crippen LogP contribution in [0.1, 0.15) is 278 Å². The highest BCUT2D eigenvalue weighted by atomic mass is 16.6. The highest BCUT2D eigenvalue weighted by Gasteiger charge is 2.19. The molecule has 6 nitrogen and oxygen atoms in total. The van der Waals surface area contributed by atoms with Crippen LogP contribution in [0.15, 0.2) is 97.2 Å². The van der Waals surface area contributed by atoms with Crippen molar-refractivity contribution in [2.24, 2.45) is 0 Å². The monoisotopic (exact) mass is 987 g/mol. The van der Waals surface area contributed by atoms with Crippen LogP contribution in [-0.4, -0.2) is 37.2 Å². The number of allylic oxidation sites excluding steroid dienone is 16. The van der Waals surface area contributed by atoms with Gasteiger partial charge in [-0.15, -0.1) is 0 Å². The Hall–Kier alpha value is -3.67. The molecule has 0 fully saturated rings. The molecule has 71 heavy (non-hydrogen) atoms. The molecule has 0 radical (unpaired) electrons. The Bertz CT molecular complexity index is 1410. The number of carbonyl (C=O) groups excluding carboxylic acids is 3. The first-order valence-corrected chi connectivity index (χ1v) is 29.7. The topological polar surface area (TPSA) is 78.9 Å². The summed E-state index contributed by atoms with van der Waals surface area (Å²) < 4.78 is 16.8. The van der Waals surface area contributed by atoms with Gasteiger partial charge >= 0.3 is 17.9 Å². The minimum Gasteiger partial charge on any atom is -0.462 e. The van der Waals surface area contributed by atoms with Crippen molar-refractivity contribution in [2.45, 2.75) is 284 Å². The molecule has 0 rings (SSSR count). The Balaban J connectivity index is 4.25. The van der Waals surface area contributed by atoms with Crippen molar-refractivity contribution in [2.75, 3.05) is 13.2 Å². The van der Waals surface area contributed by atoms with Crippen molar-refractivity contribution in [1.29, 1.82) is 0 Å². The van der Waals surface area contributed by atoms with Crippen LogP contribution in [-0.2, 0) is 28.6 Å². The van der Waals surface area contributed by atoms with E-state index in [-0.39, 0.29) is 31.1 Å². The van der Waals surface area contributed by atoms with E-state index in [9.17, 15) is 14.4 Å². The third kappa shape index (κ3) is 57.1. The van der Waals surface area contributed by atoms with E-state index < -0.39 is 6.10 Å². The van der Waals surface area contributed by atoms with E-state index in [4.69, 9.17) is 14.2 Å². The predicted molar refractivity (Wildman–Crippen MR) is 307 cm³/mol. The van der Waals surface area contributed by atoms with Gasteiger partial charge in [0.2, 0.25) is 0 Å². The van der Waals surface area contributed by atoms with Gasteiger partial charge in [0, 0.05) is 19.3 Å². The zero-order valence-electron chi connectivity index (χ0n) is 46.5. The Kier molecular flexibility index (Phi) is 55.9. The SMILES string of the molecule is CC/C=C\C/C=C\C/C=C\C/C=C\C/C=C\CCCCCCCCCCCCCC(=O)OCC(COC(=O)CCCCCCC/C=C\CCC)OC(=O)CCCCCCC/C=C\C/C=C\CCCCCC. The fourth-order valence-electron chi connectivity index (χ4n) is 8.09. The fourth-order valence-corrected chi connectivity index (χ4v) is 8.09. The van der Waals surface area contributed by atoms with Crippen LogP contribution in [0, 0.1) is 0 Å². The van der Waals surface area contributed by atoms with Crippen LogP contribution >= 0.6 is 0 Å². The molecule has 0 bridgehead atoms. The number of carbonyl (C=O) groups is 3. The van der Waals surface area contributed by atoms with Crippen molar-refractivity contribution < 1.29 is 28.6 Å². The van der Waals surface area contributed by atoms with Gasteiger partial charge in [-0.05, 0) is 116 Å². The molecular weight excluding hydrogens is 877 g/mol. The van der Waals surface area contributed by atoms with Crippen LogP contribution in [0.25, 0.3) is 0 Å². The molecular formula is C65H110O6. The molecule has 1 atom stereocenters. The molecule has 0 aromatic rings. The van der Waals surface area contributed by atoms with Crippen molar-refractivity contribution >= 4 is 17.9 Å². The highest BCUT2D eigenvalue weighted by Crippen LogP contribution is 2.15. The van der Waals surface area contributed by atoms with Crippen LogP contribution in [0.2, 0.25) is 0 Å². The molecule has 0 saturated carbocycles. The average molecular weight is 988 g/mol. The molecule has 6 heteroatoms. The third-order valence-electron chi connectivity index (χ3n) is 12.5. The molecule has 0 heterocycles. The molecule has 0 N–H and O–H groups in total. The van der Waals surface area contributed by atoms with E-state index in [1.807, 2.05) is 0 Å². The molecule has 0 aliphatic carbocycles. The maximum absolute atomic E-state index is 12.8. The zero-order valence-corrected chi connectivity index (χ0v) is 46.5. The summed E-state index contributed by atoms with van der Waals surface area (Å²) in [5.74, 6) is -0.911. The summed E-state index contributed by atoms with van der Waals surface area (Å²) >= 11 is 0. The van der Waals surface area contributed by atoms with Crippen LogP contribution in [0.3, 0.4) is 0 Å². The van der Waals surface area contributed by atoms with E-state index in [0.29, 0.717) is 19.3 Å². The molecule has 1 unspecified atom stereocenters. The Morgan fingerprint density at radius 3 is 0.930 bits per heavy atom. The first kappa shape index (κ1) is 67.3. The Morgan fingerprint density at radius 1 is 0.296 bits per heavy atom. The summed E-state index contributed by atoms with van der Waals surface area (Å²) in [6.45, 7) is 6.43. The van der Waals surface area contributed by atoms with Gasteiger partial charge in [0.25, 0.3) is 0 Å². The highest BCUT2D eigenvalue weighted by molar-refractivity contribution is 5.71. The van der Waals surface area contributed by atoms with Gasteiger partial charge in [0.05, 0.1) is 0 Å². The molecule has 406 valence electrons. The molecule has 0 aromatic carbocycles. The second kappa shape index (κ2) is 58.9. The number of unbranched alkanes of at least 4 members (excludes halogenated alkanes) is 26. The first-order valence-electron chi connectivity index (χ1n) is 29.7. The lowest BCUT2D eigenvalue weighted by Gasteiger charge is -2.18. The van der Waals surface area contributed by atoms with Gasteiger partial charge in [0.1, 0.15) is 13.2 Å². The van der Waals surface area contributed by atoms with Gasteiger partial charge in [0.15, 0.2) is 6.10 Å². The van der Waals surface area contributed by atoms with Crippen molar-refractivity contribution in [3.05, 3.63) is 97.2 Å². The summed E-state index contributed by atoms with van der Waals surface area (Å²) in [6.07, 6.45) is 78.4. The fraction of sp³-hybridized carbons (Fsp3) is 0.708. The van der Waals surface area contributed by atoms with Crippen molar-refractivity contribution in [3.63, 3.8) is 0 Å². The number of ether oxygens (including phenoxy) is 3. The number of esters is 3. The van der Waals surface area contributed by atoms with E-state index in [1.54, 1.807) is 0 Å². The molecule has 0 aliphatic rings. The lowest BCUT2D eigenvalue weighted by Crippen LogP contribution is -2.30. The van der Waals surface area contributed by atoms with Gasteiger partial charge in [-0.25, -0.2) is 0 Å². The molecule has 0 aromatic heterocycles. The Labute approximate surface area is 438 Å². The summed E-state index contributed by atoms with van der Waals surface area (Å²) in [6, 6.07) is 0. The smallest absolute Gasteiger partial charge is 0.306 e. The first-order chi connectivity index (χ1) is 35.0. The third-order valence-corrected chi connectivity index (χ3v) is 12.5. The summed E-state index contributed by atoms with van der Waals surface area (Å²) in [4.78, 5) is 38.1. The minimum absolute atomic E-state index is 0.0871. The summed E-state index contributed by atoms with van der Waals surface area (Å²) in [5.41, 5.74) is 0. The minimum atomic E-state index is -0.789. The van der Waals surface area contributed by atoms with Crippen molar-refractivity contribution in [1.82, 2.24) is 0 Å². The van der Waals surface area contributed by atoms with Gasteiger partial charge in [-0.2, -0.15) is 0 Å². The standard InChI is InChI=1S/C65H110O6/c1-4-7-10-13-16-19-22-24-26-28-29-30-31-32-33-34-35-36-37-38-40-41-43-46-49-52-55-58-64(67)70-61-62(60-69-63(66)57-54-51-48-45-21-18-15-12-9-6-3)71-65(68)59-56-53-50-47-44-42-39-27-25-23-20-17-14-11-8-5-2/h7,10,12,15-16,19-20,23-24,26-27,29-30,32-33,39,62H,4-6,8-9,11,13-14,17-18,21-22,25,28,31,34-38,40-61H2,1-3H3/b10-7-,15-12-,19-16-,23-20-,26-24-,30-29-,33-32-,39-27-. The maximum atomic E-state index is 12.8. The normalized spacial score (nSPS) is 12.8. The van der Waals surface area contributed by atoms with Crippen LogP contribution in [0.5, 0.6) is 0 Å². The van der Waals surface area contributed by atoms with Crippen molar-refractivity contribution in [3.8, 4) is 0 Å². The van der Waals surface area contributed by atoms with E-state index in [1.165, 1.54) is 109 Å². The largest absolute Gasteiger partial charge is 0.462 e. The second-order valence-corrected chi connectivity index (χ2v) is 19.5. The average Bonchev–Trinajstić information content (AvgIpc) is 3.37. The summed E-state index contributed by atoms with van der Waals surface area (Å²) in [5, 5.41) is 0. The Morgan fingerprint density at radius 2 is 0.577 bits per heavy atom. The number of hydrogen-bond donors (Lipinski definition) is 0. The second-order valence-electron chi connectivity index (χ2n) is 19.5.